The smallest absolute Gasteiger partial charge is 0.255 e. The number of benzene rings is 2. The van der Waals surface area contributed by atoms with Crippen molar-refractivity contribution in [1.82, 2.24) is 4.98 Å². The Kier molecular flexibility index (Phi) is 5.77. The molecule has 158 valence electrons. The molecule has 1 aliphatic rings. The molecule has 0 unspecified atom stereocenters. The van der Waals surface area contributed by atoms with Crippen molar-refractivity contribution in [3.05, 3.63) is 77.6 Å². The van der Waals surface area contributed by atoms with Crippen molar-refractivity contribution >= 4 is 34.8 Å². The van der Waals surface area contributed by atoms with Gasteiger partial charge in [-0.25, -0.2) is 0 Å². The molecule has 1 aliphatic heterocycles. The van der Waals surface area contributed by atoms with E-state index in [2.05, 4.69) is 4.98 Å². The summed E-state index contributed by atoms with van der Waals surface area (Å²) in [7, 11) is 3.06. The van der Waals surface area contributed by atoms with Crippen LogP contribution in [0, 0.1) is 0 Å². The topological polar surface area (TPSA) is 72.0 Å². The van der Waals surface area contributed by atoms with E-state index in [1.807, 2.05) is 0 Å². The Balaban J connectivity index is 1.81. The van der Waals surface area contributed by atoms with Gasteiger partial charge in [-0.1, -0.05) is 17.7 Å². The quantitative estimate of drug-likeness (QED) is 0.605. The van der Waals surface area contributed by atoms with E-state index in [1.54, 1.807) is 74.1 Å². The zero-order chi connectivity index (χ0) is 22.0. The van der Waals surface area contributed by atoms with Gasteiger partial charge >= 0.3 is 0 Å². The lowest BCUT2D eigenvalue weighted by atomic mass is 10.0. The van der Waals surface area contributed by atoms with Gasteiger partial charge in [0.25, 0.3) is 5.91 Å². The van der Waals surface area contributed by atoms with Gasteiger partial charge in [0.15, 0.2) is 0 Å². The standard InChI is InChI=1S/C23H20ClN3O4/c1-30-18-9-10-19(20(12-18)31-2)26-14-21(28)27(17-7-5-16(24)6-8-17)22(23(26)29)15-4-3-11-25-13-15/h3-13,22H,14H2,1-2H3/t22-/m1/s1. The van der Waals surface area contributed by atoms with Crippen LogP contribution < -0.4 is 19.3 Å². The predicted octanol–water partition coefficient (Wildman–Crippen LogP) is 3.87. The molecule has 0 aliphatic carbocycles. The van der Waals surface area contributed by atoms with E-state index in [4.69, 9.17) is 21.1 Å². The Morgan fingerprint density at radius 1 is 1.03 bits per heavy atom. The first-order chi connectivity index (χ1) is 15.0. The fourth-order valence-electron chi connectivity index (χ4n) is 3.63. The molecular formula is C23H20ClN3O4. The number of anilines is 2. The first kappa shape index (κ1) is 20.7. The van der Waals surface area contributed by atoms with Crippen molar-refractivity contribution < 1.29 is 19.1 Å². The first-order valence-corrected chi connectivity index (χ1v) is 9.92. The number of methoxy groups -OCH3 is 2. The number of aromatic nitrogens is 1. The minimum absolute atomic E-state index is 0.138. The Morgan fingerprint density at radius 2 is 1.81 bits per heavy atom. The average Bonchev–Trinajstić information content (AvgIpc) is 2.81. The molecule has 2 aromatic carbocycles. The molecule has 4 rings (SSSR count). The number of ether oxygens (including phenoxy) is 2. The second kappa shape index (κ2) is 8.65. The molecule has 0 saturated carbocycles. The van der Waals surface area contributed by atoms with Gasteiger partial charge in [0.1, 0.15) is 24.1 Å². The van der Waals surface area contributed by atoms with E-state index in [9.17, 15) is 9.59 Å². The van der Waals surface area contributed by atoms with Crippen LogP contribution in [0.15, 0.2) is 67.0 Å². The number of carbonyl (C=O) groups excluding carboxylic acids is 2. The lowest BCUT2D eigenvalue weighted by Crippen LogP contribution is -2.56. The molecule has 7 nitrogen and oxygen atoms in total. The van der Waals surface area contributed by atoms with Gasteiger partial charge in [0.05, 0.1) is 19.9 Å². The first-order valence-electron chi connectivity index (χ1n) is 9.54. The number of hydrogen-bond acceptors (Lipinski definition) is 5. The van der Waals surface area contributed by atoms with Gasteiger partial charge in [0, 0.05) is 34.7 Å². The fraction of sp³-hybridized carbons (Fsp3) is 0.174. The third-order valence-corrected chi connectivity index (χ3v) is 5.35. The lowest BCUT2D eigenvalue weighted by Gasteiger charge is -2.40. The summed E-state index contributed by atoms with van der Waals surface area (Å²) in [5.74, 6) is 0.507. The highest BCUT2D eigenvalue weighted by atomic mass is 35.5. The Morgan fingerprint density at radius 3 is 2.45 bits per heavy atom. The maximum Gasteiger partial charge on any atom is 0.255 e. The van der Waals surface area contributed by atoms with Crippen LogP contribution in [-0.4, -0.2) is 37.6 Å². The summed E-state index contributed by atoms with van der Waals surface area (Å²) in [5.41, 5.74) is 1.68. The Hall–Kier alpha value is -3.58. The number of piperazine rings is 1. The summed E-state index contributed by atoms with van der Waals surface area (Å²) < 4.78 is 10.7. The molecule has 3 aromatic rings. The molecule has 0 radical (unpaired) electrons. The van der Waals surface area contributed by atoms with E-state index >= 15 is 0 Å². The van der Waals surface area contributed by atoms with Gasteiger partial charge in [-0.15, -0.1) is 0 Å². The number of amides is 2. The number of carbonyl (C=O) groups is 2. The number of nitrogens with zero attached hydrogens (tertiary/aromatic N) is 3. The van der Waals surface area contributed by atoms with Crippen LogP contribution in [0.1, 0.15) is 11.6 Å². The minimum Gasteiger partial charge on any atom is -0.497 e. The van der Waals surface area contributed by atoms with Crippen LogP contribution in [0.2, 0.25) is 5.02 Å². The van der Waals surface area contributed by atoms with E-state index in [0.717, 1.165) is 0 Å². The van der Waals surface area contributed by atoms with Crippen molar-refractivity contribution in [3.63, 3.8) is 0 Å². The molecule has 1 aromatic heterocycles. The molecule has 8 heteroatoms. The van der Waals surface area contributed by atoms with Crippen LogP contribution in [0.4, 0.5) is 11.4 Å². The molecule has 2 heterocycles. The third-order valence-electron chi connectivity index (χ3n) is 5.10. The summed E-state index contributed by atoms with van der Waals surface area (Å²) in [6, 6.07) is 14.6. The van der Waals surface area contributed by atoms with E-state index in [1.165, 1.54) is 16.9 Å². The van der Waals surface area contributed by atoms with Crippen molar-refractivity contribution in [2.24, 2.45) is 0 Å². The van der Waals surface area contributed by atoms with Crippen LogP contribution in [0.3, 0.4) is 0 Å². The SMILES string of the molecule is COc1ccc(N2CC(=O)N(c3ccc(Cl)cc3)[C@H](c3cccnc3)C2=O)c(OC)c1. The average molecular weight is 438 g/mol. The summed E-state index contributed by atoms with van der Waals surface area (Å²) in [4.78, 5) is 34.1. The second-order valence-corrected chi connectivity index (χ2v) is 7.33. The minimum atomic E-state index is -0.886. The van der Waals surface area contributed by atoms with Gasteiger partial charge in [-0.3, -0.25) is 24.4 Å². The van der Waals surface area contributed by atoms with Crippen LogP contribution in [-0.2, 0) is 9.59 Å². The molecule has 1 saturated heterocycles. The van der Waals surface area contributed by atoms with Gasteiger partial charge < -0.3 is 9.47 Å². The largest absolute Gasteiger partial charge is 0.497 e. The summed E-state index contributed by atoms with van der Waals surface area (Å²) in [6.07, 6.45) is 3.21. The molecule has 1 fully saturated rings. The van der Waals surface area contributed by atoms with Gasteiger partial charge in [0.2, 0.25) is 5.91 Å². The molecule has 31 heavy (non-hydrogen) atoms. The van der Waals surface area contributed by atoms with Crippen molar-refractivity contribution in [3.8, 4) is 11.5 Å². The van der Waals surface area contributed by atoms with E-state index in [0.29, 0.717) is 33.5 Å². The highest BCUT2D eigenvalue weighted by molar-refractivity contribution is 6.30. The van der Waals surface area contributed by atoms with Crippen molar-refractivity contribution in [2.45, 2.75) is 6.04 Å². The van der Waals surface area contributed by atoms with Crippen LogP contribution >= 0.6 is 11.6 Å². The predicted molar refractivity (Wildman–Crippen MR) is 118 cm³/mol. The van der Waals surface area contributed by atoms with Crippen LogP contribution in [0.25, 0.3) is 0 Å². The molecule has 0 N–H and O–H groups in total. The maximum atomic E-state index is 13.7. The number of hydrogen-bond donors (Lipinski definition) is 0. The fourth-order valence-corrected chi connectivity index (χ4v) is 3.75. The molecule has 0 bridgehead atoms. The zero-order valence-corrected chi connectivity index (χ0v) is 17.7. The maximum absolute atomic E-state index is 13.7. The molecular weight excluding hydrogens is 418 g/mol. The van der Waals surface area contributed by atoms with Gasteiger partial charge in [-0.2, -0.15) is 0 Å². The highest BCUT2D eigenvalue weighted by Crippen LogP contribution is 2.38. The van der Waals surface area contributed by atoms with Gasteiger partial charge in [-0.05, 0) is 42.5 Å². The summed E-state index contributed by atoms with van der Waals surface area (Å²) >= 11 is 6.02. The third kappa shape index (κ3) is 3.92. The highest BCUT2D eigenvalue weighted by Gasteiger charge is 2.42. The second-order valence-electron chi connectivity index (χ2n) is 6.89. The number of pyridine rings is 1. The van der Waals surface area contributed by atoms with Crippen molar-refractivity contribution in [2.75, 3.05) is 30.6 Å². The van der Waals surface area contributed by atoms with E-state index in [-0.39, 0.29) is 18.4 Å². The monoisotopic (exact) mass is 437 g/mol. The van der Waals surface area contributed by atoms with Crippen molar-refractivity contribution in [1.29, 1.82) is 0 Å². The normalized spacial score (nSPS) is 16.4. The number of halogens is 1. The molecule has 1 atom stereocenters. The lowest BCUT2D eigenvalue weighted by molar-refractivity contribution is -0.128. The Labute approximate surface area is 184 Å². The van der Waals surface area contributed by atoms with Crippen LogP contribution in [0.5, 0.6) is 11.5 Å². The Bertz CT molecular complexity index is 1110. The molecule has 0 spiro atoms. The molecule has 2 amide bonds. The zero-order valence-electron chi connectivity index (χ0n) is 17.0. The summed E-state index contributed by atoms with van der Waals surface area (Å²) in [5, 5.41) is 0.544. The van der Waals surface area contributed by atoms with E-state index < -0.39 is 6.04 Å². The summed E-state index contributed by atoms with van der Waals surface area (Å²) in [6.45, 7) is -0.138. The number of rotatable bonds is 5.